The van der Waals surface area contributed by atoms with Crippen LogP contribution >= 0.6 is 0 Å². The number of hydrogen-bond acceptors (Lipinski definition) is 8. The minimum atomic E-state index is -1.32. The first-order chi connectivity index (χ1) is 10.3. The monoisotopic (exact) mass is 318 g/mol. The van der Waals surface area contributed by atoms with E-state index in [1.165, 1.54) is 0 Å². The molecule has 1 aliphatic rings. The molecule has 10 heteroatoms. The van der Waals surface area contributed by atoms with Crippen molar-refractivity contribution in [1.29, 1.82) is 0 Å². The molecule has 0 aromatic heterocycles. The lowest BCUT2D eigenvalue weighted by Gasteiger charge is -2.19. The minimum absolute atomic E-state index is 0.0842. The molecule has 0 aliphatic carbocycles. The molecule has 10 nitrogen and oxygen atoms in total. The molecule has 1 heterocycles. The molecule has 3 unspecified atom stereocenters. The second-order valence-corrected chi connectivity index (χ2v) is 5.06. The van der Waals surface area contributed by atoms with E-state index in [9.17, 15) is 19.8 Å². The Balaban J connectivity index is 2.29. The molecule has 8 N–H and O–H groups in total. The van der Waals surface area contributed by atoms with E-state index in [0.717, 1.165) is 0 Å². The Kier molecular flexibility index (Phi) is 7.18. The van der Waals surface area contributed by atoms with Gasteiger partial charge >= 0.3 is 5.97 Å². The highest BCUT2D eigenvalue weighted by Crippen LogP contribution is 2.08. The SMILES string of the molecule is N[C@@H](CCCNC1=NC(=O)C(CC(O)C(O)CO)N1)C(=O)O. The van der Waals surface area contributed by atoms with Gasteiger partial charge in [0.2, 0.25) is 0 Å². The fourth-order valence-electron chi connectivity index (χ4n) is 1.87. The number of aliphatic hydroxyl groups excluding tert-OH is 3. The number of carbonyl (C=O) groups excluding carboxylic acids is 1. The minimum Gasteiger partial charge on any atom is -0.480 e. The van der Waals surface area contributed by atoms with Crippen LogP contribution in [-0.2, 0) is 9.59 Å². The zero-order chi connectivity index (χ0) is 16.7. The van der Waals surface area contributed by atoms with Crippen LogP contribution in [0.15, 0.2) is 4.99 Å². The van der Waals surface area contributed by atoms with Crippen LogP contribution in [0.25, 0.3) is 0 Å². The Labute approximate surface area is 127 Å². The van der Waals surface area contributed by atoms with Gasteiger partial charge in [0.25, 0.3) is 5.91 Å². The van der Waals surface area contributed by atoms with Crippen molar-refractivity contribution in [2.24, 2.45) is 10.7 Å². The summed E-state index contributed by atoms with van der Waals surface area (Å²) in [5, 5.41) is 41.7. The maximum absolute atomic E-state index is 11.6. The molecular weight excluding hydrogens is 296 g/mol. The molecule has 0 saturated heterocycles. The normalized spacial score (nSPS) is 21.7. The van der Waals surface area contributed by atoms with Crippen LogP contribution in [0.1, 0.15) is 19.3 Å². The average Bonchev–Trinajstić information content (AvgIpc) is 2.82. The predicted molar refractivity (Wildman–Crippen MR) is 75.9 cm³/mol. The van der Waals surface area contributed by atoms with Crippen molar-refractivity contribution < 1.29 is 30.0 Å². The molecule has 22 heavy (non-hydrogen) atoms. The molecule has 1 amide bonds. The molecule has 0 radical (unpaired) electrons. The first-order valence-corrected chi connectivity index (χ1v) is 6.93. The first kappa shape index (κ1) is 18.3. The number of carbonyl (C=O) groups is 2. The molecule has 1 aliphatic heterocycles. The van der Waals surface area contributed by atoms with Crippen molar-refractivity contribution in [3.63, 3.8) is 0 Å². The van der Waals surface area contributed by atoms with E-state index in [0.29, 0.717) is 13.0 Å². The summed E-state index contributed by atoms with van der Waals surface area (Å²) in [6.45, 7) is -0.216. The molecule has 126 valence electrons. The zero-order valence-corrected chi connectivity index (χ0v) is 12.0. The van der Waals surface area contributed by atoms with E-state index in [-0.39, 0.29) is 18.8 Å². The van der Waals surface area contributed by atoms with Crippen LogP contribution in [0.4, 0.5) is 0 Å². The lowest BCUT2D eigenvalue weighted by Crippen LogP contribution is -2.44. The van der Waals surface area contributed by atoms with Crippen LogP contribution in [0.5, 0.6) is 0 Å². The molecule has 0 aromatic carbocycles. The molecule has 0 bridgehead atoms. The number of amides is 1. The first-order valence-electron chi connectivity index (χ1n) is 6.93. The van der Waals surface area contributed by atoms with E-state index in [4.69, 9.17) is 15.9 Å². The van der Waals surface area contributed by atoms with Crippen molar-refractivity contribution >= 4 is 17.8 Å². The fourth-order valence-corrected chi connectivity index (χ4v) is 1.87. The fraction of sp³-hybridized carbons (Fsp3) is 0.750. The summed E-state index contributed by atoms with van der Waals surface area (Å²) in [5.41, 5.74) is 5.35. The lowest BCUT2D eigenvalue weighted by atomic mass is 10.1. The Hall–Kier alpha value is -1.75. The highest BCUT2D eigenvalue weighted by atomic mass is 16.4. The van der Waals surface area contributed by atoms with Crippen molar-refractivity contribution in [2.75, 3.05) is 13.2 Å². The summed E-state index contributed by atoms with van der Waals surface area (Å²) in [5.74, 6) is -1.33. The third-order valence-electron chi connectivity index (χ3n) is 3.24. The summed E-state index contributed by atoms with van der Waals surface area (Å²) >= 11 is 0. The van der Waals surface area contributed by atoms with Gasteiger partial charge in [-0.2, -0.15) is 4.99 Å². The third kappa shape index (κ3) is 5.56. The van der Waals surface area contributed by atoms with Crippen molar-refractivity contribution in [1.82, 2.24) is 10.6 Å². The Morgan fingerprint density at radius 1 is 1.41 bits per heavy atom. The number of hydrogen-bond donors (Lipinski definition) is 7. The molecule has 0 spiro atoms. The second-order valence-electron chi connectivity index (χ2n) is 5.06. The van der Waals surface area contributed by atoms with Gasteiger partial charge in [-0.1, -0.05) is 0 Å². The molecule has 0 fully saturated rings. The molecule has 0 aromatic rings. The van der Waals surface area contributed by atoms with Crippen molar-refractivity contribution in [3.05, 3.63) is 0 Å². The van der Waals surface area contributed by atoms with E-state index in [1.807, 2.05) is 0 Å². The van der Waals surface area contributed by atoms with Crippen LogP contribution in [0, 0.1) is 0 Å². The highest BCUT2D eigenvalue weighted by Gasteiger charge is 2.30. The summed E-state index contributed by atoms with van der Waals surface area (Å²) < 4.78 is 0. The third-order valence-corrected chi connectivity index (χ3v) is 3.24. The van der Waals surface area contributed by atoms with Gasteiger partial charge in [-0.25, -0.2) is 0 Å². The van der Waals surface area contributed by atoms with Gasteiger partial charge in [-0.15, -0.1) is 0 Å². The summed E-state index contributed by atoms with van der Waals surface area (Å²) in [6, 6.07) is -1.70. The molecule has 1 rings (SSSR count). The average molecular weight is 318 g/mol. The van der Waals surface area contributed by atoms with Gasteiger partial charge in [0, 0.05) is 13.0 Å². The highest BCUT2D eigenvalue weighted by molar-refractivity contribution is 6.02. The number of aliphatic hydroxyl groups is 3. The van der Waals surface area contributed by atoms with Crippen LogP contribution in [0.3, 0.4) is 0 Å². The molecule has 4 atom stereocenters. The summed E-state index contributed by atoms with van der Waals surface area (Å²) in [4.78, 5) is 25.9. The number of aliphatic imine (C=N–C) groups is 1. The summed E-state index contributed by atoms with van der Waals surface area (Å²) in [7, 11) is 0. The van der Waals surface area contributed by atoms with Gasteiger partial charge in [-0.05, 0) is 12.8 Å². The smallest absolute Gasteiger partial charge is 0.320 e. The van der Waals surface area contributed by atoms with E-state index in [1.54, 1.807) is 0 Å². The number of nitrogens with one attached hydrogen (secondary N) is 2. The Morgan fingerprint density at radius 2 is 2.09 bits per heavy atom. The van der Waals surface area contributed by atoms with Gasteiger partial charge < -0.3 is 36.8 Å². The molecule has 0 saturated carbocycles. The van der Waals surface area contributed by atoms with Crippen LogP contribution < -0.4 is 16.4 Å². The van der Waals surface area contributed by atoms with Gasteiger partial charge in [0.05, 0.1) is 12.7 Å². The van der Waals surface area contributed by atoms with Crippen LogP contribution in [-0.4, -0.2) is 75.7 Å². The topological polar surface area (TPSA) is 177 Å². The van der Waals surface area contributed by atoms with Gasteiger partial charge in [0.1, 0.15) is 18.2 Å². The Morgan fingerprint density at radius 3 is 2.68 bits per heavy atom. The number of rotatable bonds is 9. The lowest BCUT2D eigenvalue weighted by molar-refractivity contribution is -0.138. The van der Waals surface area contributed by atoms with E-state index < -0.39 is 42.8 Å². The number of aliphatic carboxylic acids is 1. The number of nitrogens with two attached hydrogens (primary N) is 1. The standard InChI is InChI=1S/C12H22N4O6/c13-6(11(21)22)2-1-3-14-12-15-7(10(20)16-12)4-8(18)9(19)5-17/h6-9,17-19H,1-5,13H2,(H,21,22)(H2,14,15,16,20)/t6-,7?,8?,9?/m0/s1. The van der Waals surface area contributed by atoms with Crippen molar-refractivity contribution in [3.8, 4) is 0 Å². The predicted octanol–water partition coefficient (Wildman–Crippen LogP) is -3.27. The number of carboxylic acid groups (broad SMARTS) is 1. The zero-order valence-electron chi connectivity index (χ0n) is 12.0. The number of nitrogens with zero attached hydrogens (tertiary/aromatic N) is 1. The maximum atomic E-state index is 11.6. The Bertz CT molecular complexity index is 430. The van der Waals surface area contributed by atoms with Crippen LogP contribution in [0.2, 0.25) is 0 Å². The van der Waals surface area contributed by atoms with Gasteiger partial charge in [0.15, 0.2) is 5.96 Å². The summed E-state index contributed by atoms with van der Waals surface area (Å²) in [6.07, 6.45) is -1.87. The van der Waals surface area contributed by atoms with E-state index >= 15 is 0 Å². The molecular formula is C12H22N4O6. The van der Waals surface area contributed by atoms with Crippen molar-refractivity contribution in [2.45, 2.75) is 43.6 Å². The quantitative estimate of drug-likeness (QED) is 0.215. The van der Waals surface area contributed by atoms with Gasteiger partial charge in [-0.3, -0.25) is 9.59 Å². The largest absolute Gasteiger partial charge is 0.480 e. The maximum Gasteiger partial charge on any atom is 0.320 e. The van der Waals surface area contributed by atoms with E-state index in [2.05, 4.69) is 15.6 Å². The number of carboxylic acids is 1. The second kappa shape index (κ2) is 8.63. The number of guanidine groups is 1.